The number of alkyl halides is 3. The summed E-state index contributed by atoms with van der Waals surface area (Å²) in [7, 11) is 3.68. The number of carbonyl (C=O) groups excluding carboxylic acids is 2. The molecule has 0 radical (unpaired) electrons. The van der Waals surface area contributed by atoms with Gasteiger partial charge < -0.3 is 15.0 Å². The summed E-state index contributed by atoms with van der Waals surface area (Å²) >= 11 is 1.05. The fourth-order valence-electron chi connectivity index (χ4n) is 3.92. The summed E-state index contributed by atoms with van der Waals surface area (Å²) < 4.78 is 41.6. The van der Waals surface area contributed by atoms with Gasteiger partial charge in [0.2, 0.25) is 11.8 Å². The van der Waals surface area contributed by atoms with Crippen molar-refractivity contribution in [1.29, 1.82) is 0 Å². The molecule has 7 nitrogen and oxygen atoms in total. The van der Waals surface area contributed by atoms with Crippen molar-refractivity contribution >= 4 is 38.5 Å². The van der Waals surface area contributed by atoms with E-state index in [0.29, 0.717) is 23.2 Å². The van der Waals surface area contributed by atoms with Crippen molar-refractivity contribution in [2.24, 2.45) is 5.92 Å². The van der Waals surface area contributed by atoms with Crippen molar-refractivity contribution in [3.8, 4) is 5.75 Å². The number of hydrogen-bond acceptors (Lipinski definition) is 6. The van der Waals surface area contributed by atoms with Gasteiger partial charge in [-0.2, -0.15) is 0 Å². The Kier molecular flexibility index (Phi) is 6.75. The lowest BCUT2D eigenvalue weighted by Gasteiger charge is -2.33. The van der Waals surface area contributed by atoms with Crippen molar-refractivity contribution in [3.63, 3.8) is 0 Å². The van der Waals surface area contributed by atoms with Crippen LogP contribution in [0.1, 0.15) is 26.7 Å². The molecule has 0 bridgehead atoms. The molecule has 11 heteroatoms. The van der Waals surface area contributed by atoms with Gasteiger partial charge in [0.25, 0.3) is 0 Å². The van der Waals surface area contributed by atoms with Crippen LogP contribution in [-0.4, -0.2) is 65.7 Å². The highest BCUT2D eigenvalue weighted by atomic mass is 32.1. The number of carbonyl (C=O) groups is 2. The number of halogens is 3. The lowest BCUT2D eigenvalue weighted by molar-refractivity contribution is -0.274. The minimum atomic E-state index is -4.78. The van der Waals surface area contributed by atoms with E-state index in [1.54, 1.807) is 4.90 Å². The van der Waals surface area contributed by atoms with Gasteiger partial charge in [0.1, 0.15) is 11.8 Å². The summed E-state index contributed by atoms with van der Waals surface area (Å²) in [4.78, 5) is 33.7. The number of likely N-dealkylation sites (tertiary alicyclic amines) is 1. The molecule has 31 heavy (non-hydrogen) atoms. The van der Waals surface area contributed by atoms with E-state index in [0.717, 1.165) is 17.8 Å². The third-order valence-electron chi connectivity index (χ3n) is 5.10. The van der Waals surface area contributed by atoms with Crippen LogP contribution in [0.25, 0.3) is 10.2 Å². The predicted molar refractivity (Wildman–Crippen MR) is 112 cm³/mol. The van der Waals surface area contributed by atoms with Crippen molar-refractivity contribution < 1.29 is 27.5 Å². The molecule has 1 saturated heterocycles. The minimum Gasteiger partial charge on any atom is -0.406 e. The second-order valence-corrected chi connectivity index (χ2v) is 9.06. The average molecular weight is 459 g/mol. The summed E-state index contributed by atoms with van der Waals surface area (Å²) in [6, 6.07) is 2.86. The third kappa shape index (κ3) is 5.45. The highest BCUT2D eigenvalue weighted by Gasteiger charge is 2.39. The van der Waals surface area contributed by atoms with Crippen LogP contribution in [0.4, 0.5) is 18.3 Å². The first-order valence-corrected chi connectivity index (χ1v) is 10.7. The highest BCUT2D eigenvalue weighted by molar-refractivity contribution is 7.22. The first kappa shape index (κ1) is 23.3. The quantitative estimate of drug-likeness (QED) is 0.714. The Hall–Kier alpha value is -2.40. The first-order chi connectivity index (χ1) is 14.5. The fourth-order valence-corrected chi connectivity index (χ4v) is 4.82. The zero-order valence-corrected chi connectivity index (χ0v) is 18.5. The molecule has 2 heterocycles. The minimum absolute atomic E-state index is 0.0871. The maximum Gasteiger partial charge on any atom is 0.573 e. The molecule has 1 fully saturated rings. The van der Waals surface area contributed by atoms with Gasteiger partial charge in [-0.25, -0.2) is 4.98 Å². The third-order valence-corrected chi connectivity index (χ3v) is 6.04. The molecule has 1 aliphatic heterocycles. The lowest BCUT2D eigenvalue weighted by Crippen LogP contribution is -2.52. The molecule has 1 aliphatic rings. The maximum absolute atomic E-state index is 13.1. The van der Waals surface area contributed by atoms with Crippen LogP contribution in [0.3, 0.4) is 0 Å². The normalized spacial score (nSPS) is 18.1. The Bertz CT molecular complexity index is 953. The number of anilines is 1. The smallest absolute Gasteiger partial charge is 0.406 e. The Morgan fingerprint density at radius 3 is 2.65 bits per heavy atom. The van der Waals surface area contributed by atoms with Gasteiger partial charge in [-0.1, -0.05) is 25.2 Å². The average Bonchev–Trinajstić information content (AvgIpc) is 3.25. The number of benzene rings is 1. The van der Waals surface area contributed by atoms with Crippen LogP contribution < -0.4 is 10.1 Å². The van der Waals surface area contributed by atoms with E-state index in [9.17, 15) is 22.8 Å². The van der Waals surface area contributed by atoms with Gasteiger partial charge in [-0.15, -0.1) is 13.2 Å². The van der Waals surface area contributed by atoms with E-state index in [4.69, 9.17) is 0 Å². The molecule has 0 unspecified atom stereocenters. The number of nitrogens with zero attached hydrogens (tertiary/aromatic N) is 3. The second-order valence-electron chi connectivity index (χ2n) is 8.03. The molecule has 1 aromatic carbocycles. The van der Waals surface area contributed by atoms with Crippen LogP contribution in [0.5, 0.6) is 5.75 Å². The standard InChI is InChI=1S/C20H25F3N4O3S/c1-11(2)16(26(3)4)18(29)27-9-5-6-14(27)17(28)25-19-24-13-8-7-12(10-15(13)31-19)30-20(21,22)23/h7-8,10-11,14,16H,5-6,9H2,1-4H3,(H,24,25,28)/t14-,16+/m1/s1. The first-order valence-electron chi connectivity index (χ1n) is 9.90. The fraction of sp³-hybridized carbons (Fsp3) is 0.550. The van der Waals surface area contributed by atoms with E-state index in [1.165, 1.54) is 18.2 Å². The maximum atomic E-state index is 13.1. The number of nitrogens with one attached hydrogen (secondary N) is 1. The molecule has 170 valence electrons. The molecule has 2 aromatic rings. The van der Waals surface area contributed by atoms with Crippen molar-refractivity contribution in [1.82, 2.24) is 14.8 Å². The van der Waals surface area contributed by atoms with Crippen LogP contribution >= 0.6 is 11.3 Å². The zero-order valence-electron chi connectivity index (χ0n) is 17.7. The van der Waals surface area contributed by atoms with Gasteiger partial charge in [0.05, 0.1) is 16.3 Å². The Morgan fingerprint density at radius 1 is 1.32 bits per heavy atom. The Labute approximate surface area is 182 Å². The number of likely N-dealkylation sites (N-methyl/N-ethyl adjacent to an activating group) is 1. The second kappa shape index (κ2) is 8.99. The molecule has 0 spiro atoms. The number of thiazole rings is 1. The van der Waals surface area contributed by atoms with Crippen molar-refractivity contribution in [2.75, 3.05) is 26.0 Å². The summed E-state index contributed by atoms with van der Waals surface area (Å²) in [6.45, 7) is 4.43. The molecule has 0 saturated carbocycles. The summed E-state index contributed by atoms with van der Waals surface area (Å²) in [5.74, 6) is -0.699. The van der Waals surface area contributed by atoms with E-state index >= 15 is 0 Å². The largest absolute Gasteiger partial charge is 0.573 e. The number of amides is 2. The number of fused-ring (bicyclic) bond motifs is 1. The monoisotopic (exact) mass is 458 g/mol. The van der Waals surface area contributed by atoms with Crippen LogP contribution in [0.15, 0.2) is 18.2 Å². The highest BCUT2D eigenvalue weighted by Crippen LogP contribution is 2.32. The van der Waals surface area contributed by atoms with Gasteiger partial charge in [-0.3, -0.25) is 14.5 Å². The van der Waals surface area contributed by atoms with E-state index in [2.05, 4.69) is 15.0 Å². The number of rotatable bonds is 6. The molecule has 1 N–H and O–H groups in total. The van der Waals surface area contributed by atoms with E-state index < -0.39 is 12.4 Å². The van der Waals surface area contributed by atoms with Gasteiger partial charge >= 0.3 is 6.36 Å². The number of ether oxygens (including phenoxy) is 1. The summed E-state index contributed by atoms with van der Waals surface area (Å²) in [5.41, 5.74) is 0.446. The number of aromatic nitrogens is 1. The number of hydrogen-bond donors (Lipinski definition) is 1. The predicted octanol–water partition coefficient (Wildman–Crippen LogP) is 3.71. The van der Waals surface area contributed by atoms with Crippen molar-refractivity contribution in [2.45, 2.75) is 45.1 Å². The molecule has 2 atom stereocenters. The molecular weight excluding hydrogens is 433 g/mol. The topological polar surface area (TPSA) is 74.8 Å². The van der Waals surface area contributed by atoms with Crippen molar-refractivity contribution in [3.05, 3.63) is 18.2 Å². The summed E-state index contributed by atoms with van der Waals surface area (Å²) in [5, 5.41) is 2.98. The van der Waals surface area contributed by atoms with Crippen LogP contribution in [0.2, 0.25) is 0 Å². The Balaban J connectivity index is 1.74. The van der Waals surface area contributed by atoms with E-state index in [1.807, 2.05) is 32.8 Å². The Morgan fingerprint density at radius 2 is 2.03 bits per heavy atom. The van der Waals surface area contributed by atoms with Gasteiger partial charge in [0, 0.05) is 12.6 Å². The zero-order chi connectivity index (χ0) is 22.9. The lowest BCUT2D eigenvalue weighted by atomic mass is 10.0. The van der Waals surface area contributed by atoms with Crippen LogP contribution in [-0.2, 0) is 9.59 Å². The molecule has 0 aliphatic carbocycles. The van der Waals surface area contributed by atoms with Gasteiger partial charge in [0.15, 0.2) is 5.13 Å². The van der Waals surface area contributed by atoms with Gasteiger partial charge in [-0.05, 0) is 45.0 Å². The van der Waals surface area contributed by atoms with E-state index in [-0.39, 0.29) is 34.7 Å². The molecule has 3 rings (SSSR count). The molecule has 2 amide bonds. The SMILES string of the molecule is CC(C)[C@@H](C(=O)N1CCC[C@@H]1C(=O)Nc1nc2ccc(OC(F)(F)F)cc2s1)N(C)C. The van der Waals surface area contributed by atoms with Crippen LogP contribution in [0, 0.1) is 5.92 Å². The summed E-state index contributed by atoms with van der Waals surface area (Å²) in [6.07, 6.45) is -3.52. The molecular formula is C20H25F3N4O3S. The molecule has 1 aromatic heterocycles.